The fourth-order valence-corrected chi connectivity index (χ4v) is 2.05. The summed E-state index contributed by atoms with van der Waals surface area (Å²) in [7, 11) is 0. The number of halogens is 1. The van der Waals surface area contributed by atoms with Crippen LogP contribution in [0.4, 0.5) is 4.39 Å². The van der Waals surface area contributed by atoms with Crippen molar-refractivity contribution in [2.75, 3.05) is 0 Å². The van der Waals surface area contributed by atoms with Crippen molar-refractivity contribution in [3.8, 4) is 11.1 Å². The Hall–Kier alpha value is -1.67. The van der Waals surface area contributed by atoms with Crippen LogP contribution in [-0.2, 0) is 6.42 Å². The van der Waals surface area contributed by atoms with Crippen LogP contribution in [0.1, 0.15) is 18.1 Å². The molecule has 0 amide bonds. The minimum atomic E-state index is -0.180. The van der Waals surface area contributed by atoms with Gasteiger partial charge in [0.25, 0.3) is 0 Å². The Kier molecular flexibility index (Phi) is 3.78. The van der Waals surface area contributed by atoms with Crippen molar-refractivity contribution in [3.63, 3.8) is 0 Å². The molecule has 94 valence electrons. The van der Waals surface area contributed by atoms with E-state index in [2.05, 4.69) is 0 Å². The summed E-state index contributed by atoms with van der Waals surface area (Å²) in [6, 6.07) is 13.2. The highest BCUT2D eigenvalue weighted by Crippen LogP contribution is 2.24. The topological polar surface area (TPSA) is 26.0 Å². The van der Waals surface area contributed by atoms with E-state index in [1.165, 1.54) is 11.6 Å². The summed E-state index contributed by atoms with van der Waals surface area (Å²) in [6.07, 6.45) is 0.844. The molecule has 2 N–H and O–H groups in total. The van der Waals surface area contributed by atoms with Gasteiger partial charge < -0.3 is 5.73 Å². The first-order valence-corrected chi connectivity index (χ1v) is 6.17. The van der Waals surface area contributed by atoms with Crippen molar-refractivity contribution in [2.24, 2.45) is 5.73 Å². The molecule has 0 heterocycles. The highest BCUT2D eigenvalue weighted by molar-refractivity contribution is 5.65. The van der Waals surface area contributed by atoms with Gasteiger partial charge in [-0.05, 0) is 43.5 Å². The van der Waals surface area contributed by atoms with Crippen molar-refractivity contribution in [2.45, 2.75) is 26.3 Å². The zero-order valence-electron chi connectivity index (χ0n) is 10.8. The van der Waals surface area contributed by atoms with E-state index in [4.69, 9.17) is 5.73 Å². The molecule has 2 aromatic carbocycles. The molecule has 0 fully saturated rings. The molecule has 0 saturated carbocycles. The van der Waals surface area contributed by atoms with Gasteiger partial charge in [-0.2, -0.15) is 0 Å². The minimum Gasteiger partial charge on any atom is -0.328 e. The predicted molar refractivity (Wildman–Crippen MR) is 73.9 cm³/mol. The van der Waals surface area contributed by atoms with E-state index in [1.54, 1.807) is 6.07 Å². The normalized spacial score (nSPS) is 12.4. The summed E-state index contributed by atoms with van der Waals surface area (Å²) in [5, 5.41) is 0. The Bertz CT molecular complexity index is 529. The van der Waals surface area contributed by atoms with E-state index in [-0.39, 0.29) is 11.9 Å². The van der Waals surface area contributed by atoms with Gasteiger partial charge in [-0.25, -0.2) is 4.39 Å². The Balaban J connectivity index is 2.31. The second kappa shape index (κ2) is 5.32. The standard InChI is InChI=1S/C16H18FN/c1-11-3-8-16(17)15(9-11)14-6-4-13(5-7-14)10-12(2)18/h3-9,12H,10,18H2,1-2H3. The molecule has 1 atom stereocenters. The van der Waals surface area contributed by atoms with Crippen LogP contribution in [0.5, 0.6) is 0 Å². The van der Waals surface area contributed by atoms with Crippen LogP contribution in [-0.4, -0.2) is 6.04 Å². The molecule has 1 unspecified atom stereocenters. The van der Waals surface area contributed by atoms with Gasteiger partial charge in [0.15, 0.2) is 0 Å². The van der Waals surface area contributed by atoms with Crippen molar-refractivity contribution in [1.82, 2.24) is 0 Å². The molecule has 0 radical (unpaired) electrons. The fraction of sp³-hybridized carbons (Fsp3) is 0.250. The van der Waals surface area contributed by atoms with Gasteiger partial charge in [0.1, 0.15) is 5.82 Å². The van der Waals surface area contributed by atoms with Crippen LogP contribution >= 0.6 is 0 Å². The van der Waals surface area contributed by atoms with Crippen LogP contribution in [0.15, 0.2) is 42.5 Å². The third kappa shape index (κ3) is 2.96. The monoisotopic (exact) mass is 243 g/mol. The Morgan fingerprint density at radius 3 is 2.39 bits per heavy atom. The molecule has 18 heavy (non-hydrogen) atoms. The van der Waals surface area contributed by atoms with E-state index in [9.17, 15) is 4.39 Å². The largest absolute Gasteiger partial charge is 0.328 e. The summed E-state index contributed by atoms with van der Waals surface area (Å²) < 4.78 is 13.7. The second-order valence-electron chi connectivity index (χ2n) is 4.86. The summed E-state index contributed by atoms with van der Waals surface area (Å²) in [5.74, 6) is -0.180. The molecular weight excluding hydrogens is 225 g/mol. The molecule has 2 aromatic rings. The van der Waals surface area contributed by atoms with E-state index in [1.807, 2.05) is 44.2 Å². The lowest BCUT2D eigenvalue weighted by molar-refractivity contribution is 0.631. The molecule has 2 heteroatoms. The zero-order valence-corrected chi connectivity index (χ0v) is 10.8. The third-order valence-corrected chi connectivity index (χ3v) is 2.94. The minimum absolute atomic E-state index is 0.145. The maximum Gasteiger partial charge on any atom is 0.131 e. The average Bonchev–Trinajstić information content (AvgIpc) is 2.33. The summed E-state index contributed by atoms with van der Waals surface area (Å²) in [4.78, 5) is 0. The van der Waals surface area contributed by atoms with Crippen LogP contribution in [0.3, 0.4) is 0 Å². The van der Waals surface area contributed by atoms with Gasteiger partial charge in [-0.1, -0.05) is 35.9 Å². The average molecular weight is 243 g/mol. The lowest BCUT2D eigenvalue weighted by Gasteiger charge is -2.08. The lowest BCUT2D eigenvalue weighted by atomic mass is 10.00. The third-order valence-electron chi connectivity index (χ3n) is 2.94. The molecule has 0 aliphatic rings. The molecule has 0 spiro atoms. The van der Waals surface area contributed by atoms with E-state index in [0.29, 0.717) is 5.56 Å². The maximum absolute atomic E-state index is 13.7. The highest BCUT2D eigenvalue weighted by atomic mass is 19.1. The number of hydrogen-bond acceptors (Lipinski definition) is 1. The smallest absolute Gasteiger partial charge is 0.131 e. The highest BCUT2D eigenvalue weighted by Gasteiger charge is 2.05. The van der Waals surface area contributed by atoms with Crippen LogP contribution in [0, 0.1) is 12.7 Å². The van der Waals surface area contributed by atoms with Crippen molar-refractivity contribution >= 4 is 0 Å². The zero-order chi connectivity index (χ0) is 13.1. The van der Waals surface area contributed by atoms with E-state index < -0.39 is 0 Å². The maximum atomic E-state index is 13.7. The Morgan fingerprint density at radius 1 is 1.11 bits per heavy atom. The van der Waals surface area contributed by atoms with Crippen LogP contribution in [0.25, 0.3) is 11.1 Å². The first-order valence-electron chi connectivity index (χ1n) is 6.17. The molecule has 0 saturated heterocycles. The SMILES string of the molecule is Cc1ccc(F)c(-c2ccc(CC(C)N)cc2)c1. The summed E-state index contributed by atoms with van der Waals surface area (Å²) in [5.41, 5.74) is 9.56. The second-order valence-corrected chi connectivity index (χ2v) is 4.86. The molecule has 1 nitrogen and oxygen atoms in total. The number of benzene rings is 2. The van der Waals surface area contributed by atoms with Gasteiger partial charge in [0.05, 0.1) is 0 Å². The van der Waals surface area contributed by atoms with Gasteiger partial charge in [-0.15, -0.1) is 0 Å². The van der Waals surface area contributed by atoms with Crippen molar-refractivity contribution < 1.29 is 4.39 Å². The molecule has 0 aliphatic carbocycles. The van der Waals surface area contributed by atoms with Crippen molar-refractivity contribution in [1.29, 1.82) is 0 Å². The summed E-state index contributed by atoms with van der Waals surface area (Å²) >= 11 is 0. The van der Waals surface area contributed by atoms with Gasteiger partial charge in [0, 0.05) is 11.6 Å². The summed E-state index contributed by atoms with van der Waals surface area (Å²) in [6.45, 7) is 3.95. The Morgan fingerprint density at radius 2 is 1.78 bits per heavy atom. The van der Waals surface area contributed by atoms with Gasteiger partial charge >= 0.3 is 0 Å². The van der Waals surface area contributed by atoms with E-state index >= 15 is 0 Å². The first kappa shape index (κ1) is 12.8. The fourth-order valence-electron chi connectivity index (χ4n) is 2.05. The lowest BCUT2D eigenvalue weighted by Crippen LogP contribution is -2.17. The molecule has 0 bridgehead atoms. The molecular formula is C16H18FN. The number of hydrogen-bond donors (Lipinski definition) is 1. The van der Waals surface area contributed by atoms with Crippen molar-refractivity contribution in [3.05, 3.63) is 59.4 Å². The number of aryl methyl sites for hydroxylation is 1. The molecule has 2 rings (SSSR count). The van der Waals surface area contributed by atoms with Crippen LogP contribution < -0.4 is 5.73 Å². The van der Waals surface area contributed by atoms with Gasteiger partial charge in [-0.3, -0.25) is 0 Å². The Labute approximate surface area is 107 Å². The van der Waals surface area contributed by atoms with Crippen LogP contribution in [0.2, 0.25) is 0 Å². The van der Waals surface area contributed by atoms with Gasteiger partial charge in [0.2, 0.25) is 0 Å². The quantitative estimate of drug-likeness (QED) is 0.874. The first-order chi connectivity index (χ1) is 8.56. The predicted octanol–water partition coefficient (Wildman–Crippen LogP) is 3.69. The number of nitrogens with two attached hydrogens (primary N) is 1. The molecule has 0 aliphatic heterocycles. The number of rotatable bonds is 3. The van der Waals surface area contributed by atoms with E-state index in [0.717, 1.165) is 17.5 Å². The molecule has 0 aromatic heterocycles.